The van der Waals surface area contributed by atoms with Crippen LogP contribution >= 0.6 is 0 Å². The highest BCUT2D eigenvalue weighted by Crippen LogP contribution is 2.34. The van der Waals surface area contributed by atoms with Crippen molar-refractivity contribution in [2.75, 3.05) is 13.7 Å². The quantitative estimate of drug-likeness (QED) is 0.612. The molecule has 1 N–H and O–H groups in total. The van der Waals surface area contributed by atoms with Crippen molar-refractivity contribution < 1.29 is 9.53 Å². The third-order valence-corrected chi connectivity index (χ3v) is 4.43. The van der Waals surface area contributed by atoms with Gasteiger partial charge in [-0.1, -0.05) is 49.6 Å². The summed E-state index contributed by atoms with van der Waals surface area (Å²) in [6.45, 7) is 0.866. The molecule has 116 valence electrons. The van der Waals surface area contributed by atoms with Gasteiger partial charge in [0.1, 0.15) is 0 Å². The third-order valence-electron chi connectivity index (χ3n) is 4.43. The molecular weight excluding hydrogens is 262 g/mol. The van der Waals surface area contributed by atoms with Gasteiger partial charge < -0.3 is 10.1 Å². The molecule has 1 aromatic carbocycles. The molecule has 0 bridgehead atoms. The summed E-state index contributed by atoms with van der Waals surface area (Å²) < 4.78 is 4.69. The largest absolute Gasteiger partial charge is 0.469 e. The Labute approximate surface area is 128 Å². The second kappa shape index (κ2) is 8.83. The van der Waals surface area contributed by atoms with Crippen LogP contribution in [0.4, 0.5) is 0 Å². The van der Waals surface area contributed by atoms with E-state index in [-0.39, 0.29) is 5.97 Å². The van der Waals surface area contributed by atoms with Gasteiger partial charge in [0.25, 0.3) is 0 Å². The molecule has 1 aliphatic rings. The Bertz CT molecular complexity index is 412. The maximum Gasteiger partial charge on any atom is 0.305 e. The third kappa shape index (κ3) is 5.16. The molecule has 2 rings (SSSR count). The van der Waals surface area contributed by atoms with E-state index >= 15 is 0 Å². The highest BCUT2D eigenvalue weighted by molar-refractivity contribution is 5.69. The van der Waals surface area contributed by atoms with Crippen molar-refractivity contribution in [3.05, 3.63) is 35.9 Å². The molecule has 1 aromatic rings. The molecule has 0 spiro atoms. The van der Waals surface area contributed by atoms with Gasteiger partial charge in [0.2, 0.25) is 0 Å². The van der Waals surface area contributed by atoms with Gasteiger partial charge >= 0.3 is 5.97 Å². The van der Waals surface area contributed by atoms with E-state index in [0.717, 1.165) is 18.9 Å². The molecule has 1 fully saturated rings. The van der Waals surface area contributed by atoms with Gasteiger partial charge in [0, 0.05) is 12.5 Å². The molecule has 0 aliphatic heterocycles. The van der Waals surface area contributed by atoms with Crippen LogP contribution in [-0.2, 0) is 9.53 Å². The molecular formula is C18H27NO2. The van der Waals surface area contributed by atoms with Crippen molar-refractivity contribution in [1.82, 2.24) is 5.32 Å². The zero-order valence-electron chi connectivity index (χ0n) is 13.0. The Morgan fingerprint density at radius 1 is 1.24 bits per heavy atom. The zero-order valence-corrected chi connectivity index (χ0v) is 13.0. The molecule has 0 heterocycles. The molecule has 3 heteroatoms. The summed E-state index contributed by atoms with van der Waals surface area (Å²) in [6, 6.07) is 11.1. The number of hydrogen-bond acceptors (Lipinski definition) is 3. The number of carbonyl (C=O) groups is 1. The van der Waals surface area contributed by atoms with Gasteiger partial charge in [-0.2, -0.15) is 0 Å². The molecule has 0 aromatic heterocycles. The number of rotatable bonds is 7. The summed E-state index contributed by atoms with van der Waals surface area (Å²) in [4.78, 5) is 11.2. The van der Waals surface area contributed by atoms with Crippen LogP contribution in [0.25, 0.3) is 0 Å². The minimum Gasteiger partial charge on any atom is -0.469 e. The fraction of sp³-hybridized carbons (Fsp3) is 0.611. The predicted molar refractivity (Wildman–Crippen MR) is 85.0 cm³/mol. The molecule has 0 amide bonds. The fourth-order valence-electron chi connectivity index (χ4n) is 3.28. The normalized spacial score (nSPS) is 17.4. The number of carbonyl (C=O) groups excluding carboxylic acids is 1. The number of hydrogen-bond donors (Lipinski definition) is 1. The first-order valence-electron chi connectivity index (χ1n) is 8.16. The minimum absolute atomic E-state index is 0.120. The number of esters is 1. The fourth-order valence-corrected chi connectivity index (χ4v) is 3.28. The average molecular weight is 289 g/mol. The van der Waals surface area contributed by atoms with E-state index in [4.69, 9.17) is 4.74 Å². The Hall–Kier alpha value is -1.35. The number of methoxy groups -OCH3 is 1. The zero-order chi connectivity index (χ0) is 14.9. The summed E-state index contributed by atoms with van der Waals surface area (Å²) in [5, 5.41) is 3.68. The van der Waals surface area contributed by atoms with E-state index in [0.29, 0.717) is 12.5 Å². The predicted octanol–water partition coefficient (Wildman–Crippen LogP) is 3.85. The topological polar surface area (TPSA) is 38.3 Å². The van der Waals surface area contributed by atoms with E-state index in [9.17, 15) is 4.79 Å². The Morgan fingerprint density at radius 3 is 2.62 bits per heavy atom. The van der Waals surface area contributed by atoms with E-state index in [2.05, 4.69) is 35.6 Å². The van der Waals surface area contributed by atoms with Crippen LogP contribution in [0.15, 0.2) is 30.3 Å². The van der Waals surface area contributed by atoms with Crippen LogP contribution in [0.1, 0.15) is 56.6 Å². The number of nitrogens with one attached hydrogen (secondary N) is 1. The lowest BCUT2D eigenvalue weighted by Crippen LogP contribution is -2.30. The average Bonchev–Trinajstić information content (AvgIpc) is 2.56. The van der Waals surface area contributed by atoms with Crippen LogP contribution in [-0.4, -0.2) is 19.6 Å². The number of benzene rings is 1. The van der Waals surface area contributed by atoms with Crippen molar-refractivity contribution >= 4 is 5.97 Å². The molecule has 3 nitrogen and oxygen atoms in total. The Balaban J connectivity index is 1.91. The van der Waals surface area contributed by atoms with E-state index in [1.165, 1.54) is 44.8 Å². The molecule has 1 atom stereocenters. The first-order chi connectivity index (χ1) is 10.3. The molecule has 1 unspecified atom stereocenters. The maximum atomic E-state index is 11.2. The highest BCUT2D eigenvalue weighted by atomic mass is 16.5. The van der Waals surface area contributed by atoms with E-state index in [1.54, 1.807) is 0 Å². The van der Waals surface area contributed by atoms with Crippen LogP contribution < -0.4 is 5.32 Å². The van der Waals surface area contributed by atoms with Crippen LogP contribution in [0, 0.1) is 5.92 Å². The minimum atomic E-state index is -0.120. The van der Waals surface area contributed by atoms with Crippen LogP contribution in [0.3, 0.4) is 0 Å². The first kappa shape index (κ1) is 16.0. The van der Waals surface area contributed by atoms with E-state index in [1.807, 2.05) is 0 Å². The first-order valence-corrected chi connectivity index (χ1v) is 8.16. The molecule has 21 heavy (non-hydrogen) atoms. The summed E-state index contributed by atoms with van der Waals surface area (Å²) >= 11 is 0. The van der Waals surface area contributed by atoms with Crippen LogP contribution in [0.2, 0.25) is 0 Å². The molecule has 0 saturated heterocycles. The lowest BCUT2D eigenvalue weighted by Gasteiger charge is -2.31. The van der Waals surface area contributed by atoms with Crippen molar-refractivity contribution in [2.45, 2.75) is 51.0 Å². The second-order valence-electron chi connectivity index (χ2n) is 5.92. The SMILES string of the molecule is COC(=O)CCCNC(c1ccccc1)C1CCCCC1. The van der Waals surface area contributed by atoms with Gasteiger partial charge in [-0.05, 0) is 37.3 Å². The van der Waals surface area contributed by atoms with Gasteiger partial charge in [-0.15, -0.1) is 0 Å². The summed E-state index contributed by atoms with van der Waals surface area (Å²) in [5.41, 5.74) is 1.38. The van der Waals surface area contributed by atoms with Gasteiger partial charge in [0.05, 0.1) is 7.11 Å². The maximum absolute atomic E-state index is 11.2. The van der Waals surface area contributed by atoms with Crippen molar-refractivity contribution in [3.8, 4) is 0 Å². The standard InChI is InChI=1S/C18H27NO2/c1-21-17(20)13-8-14-19-18(15-9-4-2-5-10-15)16-11-6-3-7-12-16/h2,4-5,9-10,16,18-19H,3,6-8,11-14H2,1H3. The van der Waals surface area contributed by atoms with Crippen molar-refractivity contribution in [3.63, 3.8) is 0 Å². The summed E-state index contributed by atoms with van der Waals surface area (Å²) in [7, 11) is 1.45. The van der Waals surface area contributed by atoms with Crippen molar-refractivity contribution in [1.29, 1.82) is 0 Å². The lowest BCUT2D eigenvalue weighted by atomic mass is 9.81. The van der Waals surface area contributed by atoms with Crippen LogP contribution in [0.5, 0.6) is 0 Å². The summed E-state index contributed by atoms with van der Waals surface area (Å²) in [5.74, 6) is 0.602. The summed E-state index contributed by atoms with van der Waals surface area (Å²) in [6.07, 6.45) is 8.02. The molecule has 0 radical (unpaired) electrons. The Kier molecular flexibility index (Phi) is 6.74. The molecule has 1 aliphatic carbocycles. The monoisotopic (exact) mass is 289 g/mol. The second-order valence-corrected chi connectivity index (χ2v) is 5.92. The van der Waals surface area contributed by atoms with Gasteiger partial charge in [0.15, 0.2) is 0 Å². The van der Waals surface area contributed by atoms with Crippen molar-refractivity contribution in [2.24, 2.45) is 5.92 Å². The van der Waals surface area contributed by atoms with Gasteiger partial charge in [-0.25, -0.2) is 0 Å². The Morgan fingerprint density at radius 2 is 1.95 bits per heavy atom. The highest BCUT2D eigenvalue weighted by Gasteiger charge is 2.24. The lowest BCUT2D eigenvalue weighted by molar-refractivity contribution is -0.140. The molecule has 1 saturated carbocycles. The number of ether oxygens (including phenoxy) is 1. The van der Waals surface area contributed by atoms with Gasteiger partial charge in [-0.3, -0.25) is 4.79 Å². The smallest absolute Gasteiger partial charge is 0.305 e. The van der Waals surface area contributed by atoms with E-state index < -0.39 is 0 Å².